The fraction of sp³-hybridized carbons (Fsp3) is 0.458. The second kappa shape index (κ2) is 9.42. The molecule has 0 spiro atoms. The van der Waals surface area contributed by atoms with Crippen molar-refractivity contribution in [2.45, 2.75) is 50.1 Å². The number of benzene rings is 1. The van der Waals surface area contributed by atoms with E-state index in [2.05, 4.69) is 25.2 Å². The third kappa shape index (κ3) is 5.16. The molecule has 1 unspecified atom stereocenters. The van der Waals surface area contributed by atoms with E-state index in [0.717, 1.165) is 30.6 Å². The number of aromatic nitrogens is 3. The van der Waals surface area contributed by atoms with Crippen molar-refractivity contribution >= 4 is 28.4 Å². The Morgan fingerprint density at radius 3 is 2.35 bits per heavy atom. The predicted octanol–water partition coefficient (Wildman–Crippen LogP) is 5.07. The van der Waals surface area contributed by atoms with E-state index in [1.807, 2.05) is 6.07 Å². The van der Waals surface area contributed by atoms with Crippen molar-refractivity contribution in [3.63, 3.8) is 0 Å². The van der Waals surface area contributed by atoms with Gasteiger partial charge < -0.3 is 20.1 Å². The van der Waals surface area contributed by atoms with Crippen LogP contribution in [0.4, 0.5) is 37.8 Å². The topological polar surface area (TPSA) is 77.2 Å². The average molecular weight is 526 g/mol. The number of nitrogens with one attached hydrogen (secondary N) is 2. The summed E-state index contributed by atoms with van der Waals surface area (Å²) in [4.78, 5) is 28.8. The van der Waals surface area contributed by atoms with Gasteiger partial charge in [0.2, 0.25) is 5.91 Å². The van der Waals surface area contributed by atoms with Crippen molar-refractivity contribution in [1.29, 1.82) is 0 Å². The summed E-state index contributed by atoms with van der Waals surface area (Å²) in [5.74, 6) is 0.414. The van der Waals surface area contributed by atoms with Crippen molar-refractivity contribution in [1.82, 2.24) is 19.9 Å². The molecule has 0 radical (unpaired) electrons. The van der Waals surface area contributed by atoms with Crippen LogP contribution in [0.2, 0.25) is 0 Å². The van der Waals surface area contributed by atoms with Gasteiger partial charge in [-0.2, -0.15) is 26.3 Å². The first-order chi connectivity index (χ1) is 17.5. The molecule has 4 heterocycles. The number of hydrogen-bond acceptors (Lipinski definition) is 5. The average Bonchev–Trinajstić information content (AvgIpc) is 3.33. The monoisotopic (exact) mass is 526 g/mol. The lowest BCUT2D eigenvalue weighted by atomic mass is 9.97. The highest BCUT2D eigenvalue weighted by molar-refractivity contribution is 5.88. The van der Waals surface area contributed by atoms with Crippen LogP contribution in [-0.2, 0) is 17.1 Å². The number of H-pyrrole nitrogens is 1. The molecule has 1 amide bonds. The van der Waals surface area contributed by atoms with Gasteiger partial charge in [-0.15, -0.1) is 0 Å². The van der Waals surface area contributed by atoms with Crippen LogP contribution < -0.4 is 10.2 Å². The standard InChI is InChI=1S/C24H24F6N6O/c25-23(26,27)14-9-15(24(28,29)30)11-16(10-14)34-19-4-2-8-36(22(19)37)17-3-1-7-35(12-17)21-18-5-6-31-20(18)32-13-33-21/h5-6,9-11,13,17,19,34H,1-4,7-8,12H2,(H,31,32,33)/t17-,19?/m1/s1. The molecule has 2 atom stereocenters. The molecule has 2 N–H and O–H groups in total. The van der Waals surface area contributed by atoms with E-state index in [0.29, 0.717) is 43.7 Å². The number of amides is 1. The first-order valence-electron chi connectivity index (χ1n) is 11.9. The van der Waals surface area contributed by atoms with Crippen LogP contribution in [0, 0.1) is 0 Å². The lowest BCUT2D eigenvalue weighted by Crippen LogP contribution is -2.56. The molecule has 2 aliphatic heterocycles. The largest absolute Gasteiger partial charge is 0.416 e. The number of carbonyl (C=O) groups excluding carboxylic acids is 1. The predicted molar refractivity (Wildman–Crippen MR) is 124 cm³/mol. The van der Waals surface area contributed by atoms with E-state index in [-0.39, 0.29) is 23.7 Å². The van der Waals surface area contributed by atoms with Gasteiger partial charge in [0.15, 0.2) is 0 Å². The molecule has 2 saturated heterocycles. The number of alkyl halides is 6. The van der Waals surface area contributed by atoms with Gasteiger partial charge >= 0.3 is 12.4 Å². The van der Waals surface area contributed by atoms with E-state index in [4.69, 9.17) is 0 Å². The molecule has 198 valence electrons. The summed E-state index contributed by atoms with van der Waals surface area (Å²) in [5.41, 5.74) is -2.53. The van der Waals surface area contributed by atoms with Crippen LogP contribution in [0.3, 0.4) is 0 Å². The van der Waals surface area contributed by atoms with Gasteiger partial charge in [0, 0.05) is 37.6 Å². The van der Waals surface area contributed by atoms with Gasteiger partial charge in [-0.25, -0.2) is 9.97 Å². The number of carbonyl (C=O) groups is 1. The van der Waals surface area contributed by atoms with E-state index in [9.17, 15) is 31.1 Å². The molecule has 7 nitrogen and oxygen atoms in total. The lowest BCUT2D eigenvalue weighted by molar-refractivity contribution is -0.143. The SMILES string of the molecule is O=C1C(Nc2cc(C(F)(F)F)cc(C(F)(F)F)c2)CCCN1[C@@H]1CCCN(c2ncnc3[nH]ccc23)C1. The minimum atomic E-state index is -4.96. The third-order valence-electron chi connectivity index (χ3n) is 6.87. The van der Waals surface area contributed by atoms with Gasteiger partial charge in [-0.05, 0) is 49.9 Å². The molecule has 0 bridgehead atoms. The zero-order valence-corrected chi connectivity index (χ0v) is 19.5. The molecule has 0 aliphatic carbocycles. The van der Waals surface area contributed by atoms with Crippen molar-refractivity contribution in [2.75, 3.05) is 29.9 Å². The molecule has 1 aromatic carbocycles. The van der Waals surface area contributed by atoms with E-state index in [1.165, 1.54) is 6.33 Å². The molecule has 13 heteroatoms. The number of rotatable bonds is 4. The molecule has 37 heavy (non-hydrogen) atoms. The Hall–Kier alpha value is -3.51. The second-order valence-corrected chi connectivity index (χ2v) is 9.34. The highest BCUT2D eigenvalue weighted by Crippen LogP contribution is 2.38. The number of halogens is 6. The van der Waals surface area contributed by atoms with Crippen LogP contribution in [0.25, 0.3) is 11.0 Å². The Labute approximate surface area is 207 Å². The van der Waals surface area contributed by atoms with Gasteiger partial charge in [-0.3, -0.25) is 4.79 Å². The summed E-state index contributed by atoms with van der Waals surface area (Å²) in [7, 11) is 0. The number of likely N-dealkylation sites (tertiary alicyclic amines) is 1. The molecule has 2 fully saturated rings. The lowest BCUT2D eigenvalue weighted by Gasteiger charge is -2.43. The Balaban J connectivity index is 1.35. The Morgan fingerprint density at radius 1 is 0.946 bits per heavy atom. The summed E-state index contributed by atoms with van der Waals surface area (Å²) >= 11 is 0. The fourth-order valence-electron chi connectivity index (χ4n) is 5.15. The van der Waals surface area contributed by atoms with Crippen LogP contribution in [-0.4, -0.2) is 57.5 Å². The van der Waals surface area contributed by atoms with E-state index in [1.54, 1.807) is 11.1 Å². The molecule has 2 aromatic heterocycles. The second-order valence-electron chi connectivity index (χ2n) is 9.34. The maximum Gasteiger partial charge on any atom is 0.416 e. The maximum absolute atomic E-state index is 13.4. The van der Waals surface area contributed by atoms with Crippen molar-refractivity contribution in [3.8, 4) is 0 Å². The number of nitrogens with zero attached hydrogens (tertiary/aromatic N) is 4. The number of fused-ring (bicyclic) bond motifs is 1. The molecule has 0 saturated carbocycles. The van der Waals surface area contributed by atoms with Crippen LogP contribution >= 0.6 is 0 Å². The first-order valence-corrected chi connectivity index (χ1v) is 11.9. The third-order valence-corrected chi connectivity index (χ3v) is 6.87. The fourth-order valence-corrected chi connectivity index (χ4v) is 5.15. The van der Waals surface area contributed by atoms with Crippen LogP contribution in [0.15, 0.2) is 36.8 Å². The number of hydrogen-bond donors (Lipinski definition) is 2. The Morgan fingerprint density at radius 2 is 1.65 bits per heavy atom. The maximum atomic E-state index is 13.4. The van der Waals surface area contributed by atoms with Crippen molar-refractivity contribution in [3.05, 3.63) is 47.9 Å². The van der Waals surface area contributed by atoms with Crippen molar-refractivity contribution < 1.29 is 31.1 Å². The van der Waals surface area contributed by atoms with Gasteiger partial charge in [0.25, 0.3) is 0 Å². The zero-order valence-electron chi connectivity index (χ0n) is 19.5. The van der Waals surface area contributed by atoms with Crippen LogP contribution in [0.1, 0.15) is 36.8 Å². The van der Waals surface area contributed by atoms with Gasteiger partial charge in [-0.1, -0.05) is 0 Å². The summed E-state index contributed by atoms with van der Waals surface area (Å²) in [6, 6.07) is 2.09. The van der Waals surface area contributed by atoms with Crippen LogP contribution in [0.5, 0.6) is 0 Å². The summed E-state index contributed by atoms with van der Waals surface area (Å²) in [5, 5.41) is 3.52. The van der Waals surface area contributed by atoms with Crippen molar-refractivity contribution in [2.24, 2.45) is 0 Å². The Kier molecular flexibility index (Phi) is 6.40. The van der Waals surface area contributed by atoms with Gasteiger partial charge in [0.05, 0.1) is 16.5 Å². The normalized spacial score (nSPS) is 21.5. The molecule has 2 aliphatic rings. The Bertz CT molecular complexity index is 1260. The summed E-state index contributed by atoms with van der Waals surface area (Å²) in [6.07, 6.45) is -4.28. The smallest absolute Gasteiger partial charge is 0.374 e. The highest BCUT2D eigenvalue weighted by atomic mass is 19.4. The highest BCUT2D eigenvalue weighted by Gasteiger charge is 2.39. The number of anilines is 2. The molecule has 3 aromatic rings. The molecule has 5 rings (SSSR count). The quantitative estimate of drug-likeness (QED) is 0.465. The number of aromatic amines is 1. The van der Waals surface area contributed by atoms with E-state index < -0.39 is 29.5 Å². The molecular formula is C24H24F6N6O. The van der Waals surface area contributed by atoms with E-state index >= 15 is 0 Å². The van der Waals surface area contributed by atoms with Gasteiger partial charge in [0.1, 0.15) is 23.8 Å². The minimum Gasteiger partial charge on any atom is -0.374 e. The molecular weight excluding hydrogens is 502 g/mol. The zero-order chi connectivity index (χ0) is 26.4. The number of piperidine rings is 2. The first kappa shape index (κ1) is 25.2. The summed E-state index contributed by atoms with van der Waals surface area (Å²) < 4.78 is 79.6. The minimum absolute atomic E-state index is 0.0748. The summed E-state index contributed by atoms with van der Waals surface area (Å²) in [6.45, 7) is 1.72.